The number of nitrogens with one attached hydrogen (secondary N) is 1. The highest BCUT2D eigenvalue weighted by atomic mass is 79.9. The SMILES string of the molecule is CCN(Cc1cc(Br)c(C)s1)C1CC2CCC(C1)N2. The van der Waals surface area contributed by atoms with Crippen LogP contribution in [0.15, 0.2) is 10.5 Å². The predicted octanol–water partition coefficient (Wildman–Crippen LogP) is 3.92. The fraction of sp³-hybridized carbons (Fsp3) is 0.733. The third-order valence-corrected chi connectivity index (χ3v) is 6.76. The van der Waals surface area contributed by atoms with E-state index in [1.54, 1.807) is 0 Å². The van der Waals surface area contributed by atoms with Crippen molar-refractivity contribution >= 4 is 27.3 Å². The van der Waals surface area contributed by atoms with E-state index in [-0.39, 0.29) is 0 Å². The number of nitrogens with zero attached hydrogens (tertiary/aromatic N) is 1. The van der Waals surface area contributed by atoms with Crippen LogP contribution in [0, 0.1) is 6.92 Å². The molecule has 4 heteroatoms. The molecule has 1 aromatic rings. The number of hydrogen-bond acceptors (Lipinski definition) is 3. The topological polar surface area (TPSA) is 15.3 Å². The Bertz CT molecular complexity index is 414. The van der Waals surface area contributed by atoms with Gasteiger partial charge in [-0.2, -0.15) is 0 Å². The minimum Gasteiger partial charge on any atom is -0.311 e. The summed E-state index contributed by atoms with van der Waals surface area (Å²) in [6.07, 6.45) is 5.47. The van der Waals surface area contributed by atoms with Crippen molar-refractivity contribution < 1.29 is 0 Å². The number of fused-ring (bicyclic) bond motifs is 2. The van der Waals surface area contributed by atoms with Gasteiger partial charge in [-0.25, -0.2) is 0 Å². The highest BCUT2D eigenvalue weighted by Gasteiger charge is 2.35. The molecule has 2 fully saturated rings. The highest BCUT2D eigenvalue weighted by Crippen LogP contribution is 2.32. The molecule has 0 radical (unpaired) electrons. The van der Waals surface area contributed by atoms with Gasteiger partial charge in [-0.15, -0.1) is 11.3 Å². The van der Waals surface area contributed by atoms with Crippen LogP contribution in [0.5, 0.6) is 0 Å². The van der Waals surface area contributed by atoms with Crippen LogP contribution in [-0.4, -0.2) is 29.6 Å². The Morgan fingerprint density at radius 3 is 2.58 bits per heavy atom. The van der Waals surface area contributed by atoms with E-state index in [1.807, 2.05) is 11.3 Å². The van der Waals surface area contributed by atoms with Crippen molar-refractivity contribution in [1.82, 2.24) is 10.2 Å². The van der Waals surface area contributed by atoms with Gasteiger partial charge < -0.3 is 5.32 Å². The Morgan fingerprint density at radius 2 is 2.05 bits per heavy atom. The predicted molar refractivity (Wildman–Crippen MR) is 85.8 cm³/mol. The van der Waals surface area contributed by atoms with Gasteiger partial charge >= 0.3 is 0 Å². The third-order valence-electron chi connectivity index (χ3n) is 4.64. The van der Waals surface area contributed by atoms with Crippen LogP contribution in [0.3, 0.4) is 0 Å². The maximum absolute atomic E-state index is 3.74. The molecule has 2 atom stereocenters. The summed E-state index contributed by atoms with van der Waals surface area (Å²) in [7, 11) is 0. The summed E-state index contributed by atoms with van der Waals surface area (Å²) in [5.74, 6) is 0. The van der Waals surface area contributed by atoms with Gasteiger partial charge in [0, 0.05) is 38.9 Å². The van der Waals surface area contributed by atoms with Crippen LogP contribution in [0.4, 0.5) is 0 Å². The van der Waals surface area contributed by atoms with Crippen molar-refractivity contribution in [1.29, 1.82) is 0 Å². The largest absolute Gasteiger partial charge is 0.311 e. The van der Waals surface area contributed by atoms with E-state index >= 15 is 0 Å². The normalized spacial score (nSPS) is 30.2. The molecule has 106 valence electrons. The summed E-state index contributed by atoms with van der Waals surface area (Å²) in [6, 6.07) is 4.66. The van der Waals surface area contributed by atoms with Gasteiger partial charge in [0.15, 0.2) is 0 Å². The lowest BCUT2D eigenvalue weighted by atomic mass is 9.98. The summed E-state index contributed by atoms with van der Waals surface area (Å²) < 4.78 is 1.27. The number of rotatable bonds is 4. The standard InChI is InChI=1S/C15H23BrN2S/c1-3-18(9-14-8-15(16)10(2)19-14)13-6-11-4-5-12(7-13)17-11/h8,11-13,17H,3-7,9H2,1-2H3. The minimum absolute atomic E-state index is 0.782. The number of halogens is 1. The summed E-state index contributed by atoms with van der Waals surface area (Å²) in [5.41, 5.74) is 0. The van der Waals surface area contributed by atoms with Gasteiger partial charge in [0.2, 0.25) is 0 Å². The van der Waals surface area contributed by atoms with Crippen molar-refractivity contribution in [3.05, 3.63) is 20.3 Å². The van der Waals surface area contributed by atoms with Gasteiger partial charge in [-0.1, -0.05) is 6.92 Å². The average molecular weight is 343 g/mol. The molecule has 2 unspecified atom stereocenters. The first kappa shape index (κ1) is 14.1. The van der Waals surface area contributed by atoms with E-state index < -0.39 is 0 Å². The molecule has 2 bridgehead atoms. The molecular formula is C15H23BrN2S. The fourth-order valence-electron chi connectivity index (χ4n) is 3.62. The smallest absolute Gasteiger partial charge is 0.0331 e. The van der Waals surface area contributed by atoms with E-state index in [0.717, 1.165) is 24.7 Å². The van der Waals surface area contributed by atoms with Crippen molar-refractivity contribution in [3.63, 3.8) is 0 Å². The zero-order valence-electron chi connectivity index (χ0n) is 11.8. The quantitative estimate of drug-likeness (QED) is 0.891. The number of piperidine rings is 1. The van der Waals surface area contributed by atoms with Gasteiger partial charge in [0.05, 0.1) is 0 Å². The molecule has 2 aliphatic heterocycles. The van der Waals surface area contributed by atoms with Crippen LogP contribution in [0.25, 0.3) is 0 Å². The number of aryl methyl sites for hydroxylation is 1. The molecular weight excluding hydrogens is 320 g/mol. The minimum atomic E-state index is 0.782. The zero-order valence-corrected chi connectivity index (χ0v) is 14.2. The summed E-state index contributed by atoms with van der Waals surface area (Å²) in [5, 5.41) is 3.74. The molecule has 19 heavy (non-hydrogen) atoms. The van der Waals surface area contributed by atoms with E-state index in [9.17, 15) is 0 Å². The highest BCUT2D eigenvalue weighted by molar-refractivity contribution is 9.10. The Labute approximate surface area is 128 Å². The lowest BCUT2D eigenvalue weighted by Crippen LogP contribution is -2.47. The molecule has 3 heterocycles. The first-order valence-corrected chi connectivity index (χ1v) is 9.01. The second kappa shape index (κ2) is 5.84. The average Bonchev–Trinajstić information content (AvgIpc) is 2.89. The molecule has 0 amide bonds. The van der Waals surface area contributed by atoms with Crippen LogP contribution in [0.1, 0.15) is 42.4 Å². The Hall–Kier alpha value is 0.1000. The molecule has 0 aliphatic carbocycles. The number of thiophene rings is 1. The molecule has 1 aromatic heterocycles. The summed E-state index contributed by atoms with van der Waals surface area (Å²) >= 11 is 5.57. The van der Waals surface area contributed by atoms with Gasteiger partial charge in [-0.3, -0.25) is 4.90 Å². The van der Waals surface area contributed by atoms with E-state index in [1.165, 1.54) is 46.5 Å². The Kier molecular flexibility index (Phi) is 4.32. The monoisotopic (exact) mass is 342 g/mol. The lowest BCUT2D eigenvalue weighted by molar-refractivity contribution is 0.142. The number of hydrogen-bond donors (Lipinski definition) is 1. The first-order chi connectivity index (χ1) is 9.15. The van der Waals surface area contributed by atoms with Crippen LogP contribution >= 0.6 is 27.3 Å². The molecule has 1 N–H and O–H groups in total. The van der Waals surface area contributed by atoms with Crippen molar-refractivity contribution in [2.24, 2.45) is 0 Å². The molecule has 2 nitrogen and oxygen atoms in total. The van der Waals surface area contributed by atoms with Crippen molar-refractivity contribution in [2.75, 3.05) is 6.54 Å². The van der Waals surface area contributed by atoms with Crippen LogP contribution < -0.4 is 5.32 Å². The van der Waals surface area contributed by atoms with E-state index in [2.05, 4.69) is 46.1 Å². The molecule has 3 rings (SSSR count). The summed E-state index contributed by atoms with van der Waals surface area (Å²) in [4.78, 5) is 5.58. The summed E-state index contributed by atoms with van der Waals surface area (Å²) in [6.45, 7) is 6.79. The third kappa shape index (κ3) is 3.07. The van der Waals surface area contributed by atoms with E-state index in [0.29, 0.717) is 0 Å². The molecule has 0 saturated carbocycles. The Balaban J connectivity index is 1.67. The zero-order chi connectivity index (χ0) is 13.4. The van der Waals surface area contributed by atoms with Crippen molar-refractivity contribution in [2.45, 2.75) is 64.2 Å². The molecule has 2 aliphatic rings. The first-order valence-electron chi connectivity index (χ1n) is 7.40. The van der Waals surface area contributed by atoms with Crippen LogP contribution in [0.2, 0.25) is 0 Å². The van der Waals surface area contributed by atoms with Gasteiger partial charge in [0.25, 0.3) is 0 Å². The van der Waals surface area contributed by atoms with Gasteiger partial charge in [-0.05, 0) is 61.1 Å². The van der Waals surface area contributed by atoms with E-state index in [4.69, 9.17) is 0 Å². The lowest BCUT2D eigenvalue weighted by Gasteiger charge is -2.37. The second-order valence-electron chi connectivity index (χ2n) is 5.94. The van der Waals surface area contributed by atoms with Gasteiger partial charge in [0.1, 0.15) is 0 Å². The fourth-order valence-corrected chi connectivity index (χ4v) is 5.25. The maximum Gasteiger partial charge on any atom is 0.0331 e. The maximum atomic E-state index is 3.74. The molecule has 0 aromatic carbocycles. The molecule has 2 saturated heterocycles. The van der Waals surface area contributed by atoms with Crippen LogP contribution in [-0.2, 0) is 6.54 Å². The second-order valence-corrected chi connectivity index (χ2v) is 8.14. The van der Waals surface area contributed by atoms with Crippen molar-refractivity contribution in [3.8, 4) is 0 Å². The Morgan fingerprint density at radius 1 is 1.37 bits per heavy atom. The molecule has 0 spiro atoms.